The minimum atomic E-state index is -3.48. The molecule has 0 radical (unpaired) electrons. The number of anilines is 1. The first kappa shape index (κ1) is 20.3. The number of aromatic nitrogens is 2. The molecule has 0 unspecified atom stereocenters. The van der Waals surface area contributed by atoms with E-state index in [-0.39, 0.29) is 0 Å². The molecule has 0 spiro atoms. The normalized spacial score (nSPS) is 15.2. The number of sulfonamides is 1. The van der Waals surface area contributed by atoms with E-state index in [0.717, 1.165) is 11.4 Å². The largest absolute Gasteiger partial charge is 0.439 e. The van der Waals surface area contributed by atoms with Crippen LogP contribution in [0.1, 0.15) is 11.4 Å². The average molecular weight is 425 g/mol. The molecule has 0 N–H and O–H groups in total. The minimum Gasteiger partial charge on any atom is -0.439 e. The summed E-state index contributed by atoms with van der Waals surface area (Å²) in [5.41, 5.74) is 1.16. The van der Waals surface area contributed by atoms with Gasteiger partial charge in [0, 0.05) is 32.2 Å². The van der Waals surface area contributed by atoms with E-state index < -0.39 is 10.0 Å². The van der Waals surface area contributed by atoms with Crippen molar-refractivity contribution in [3.8, 4) is 11.6 Å². The highest BCUT2D eigenvalue weighted by molar-refractivity contribution is 7.89. The van der Waals surface area contributed by atoms with E-state index in [0.29, 0.717) is 48.5 Å². The van der Waals surface area contributed by atoms with Crippen LogP contribution in [0.25, 0.3) is 0 Å². The van der Waals surface area contributed by atoms with Crippen molar-refractivity contribution in [1.82, 2.24) is 14.3 Å². The van der Waals surface area contributed by atoms with Crippen molar-refractivity contribution in [2.75, 3.05) is 31.1 Å². The summed E-state index contributed by atoms with van der Waals surface area (Å²) in [6, 6.07) is 18.1. The summed E-state index contributed by atoms with van der Waals surface area (Å²) in [5.74, 6) is 2.53. The molecule has 0 bridgehead atoms. The molecule has 8 heteroatoms. The van der Waals surface area contributed by atoms with Gasteiger partial charge in [-0.05, 0) is 38.1 Å². The Morgan fingerprint density at radius 2 is 1.53 bits per heavy atom. The summed E-state index contributed by atoms with van der Waals surface area (Å²) in [5, 5.41) is 0. The zero-order valence-corrected chi connectivity index (χ0v) is 17.8. The molecular weight excluding hydrogens is 400 g/mol. The minimum absolute atomic E-state index is 0.324. The molecule has 7 nitrogen and oxygen atoms in total. The Hall–Kier alpha value is -2.97. The van der Waals surface area contributed by atoms with Crippen LogP contribution in [0.2, 0.25) is 0 Å². The number of rotatable bonds is 5. The van der Waals surface area contributed by atoms with Crippen LogP contribution in [0, 0.1) is 13.8 Å². The number of aryl methyl sites for hydroxylation is 2. The fourth-order valence-electron chi connectivity index (χ4n) is 3.37. The second-order valence-corrected chi connectivity index (χ2v) is 9.17. The molecule has 3 aromatic rings. The molecule has 4 rings (SSSR count). The Kier molecular flexibility index (Phi) is 5.69. The Bertz CT molecular complexity index is 1110. The molecule has 2 aromatic carbocycles. The van der Waals surface area contributed by atoms with Gasteiger partial charge in [-0.15, -0.1) is 0 Å². The number of hydrogen-bond acceptors (Lipinski definition) is 6. The topological polar surface area (TPSA) is 75.6 Å². The number of benzene rings is 2. The van der Waals surface area contributed by atoms with Gasteiger partial charge in [-0.25, -0.2) is 13.4 Å². The van der Waals surface area contributed by atoms with Crippen molar-refractivity contribution in [3.63, 3.8) is 0 Å². The number of nitrogens with zero attached hydrogens (tertiary/aromatic N) is 4. The highest BCUT2D eigenvalue weighted by Gasteiger charge is 2.29. The van der Waals surface area contributed by atoms with Gasteiger partial charge in [-0.2, -0.15) is 9.29 Å². The summed E-state index contributed by atoms with van der Waals surface area (Å²) in [6.45, 7) is 5.73. The fraction of sp³-hybridized carbons (Fsp3) is 0.273. The van der Waals surface area contributed by atoms with Crippen molar-refractivity contribution in [3.05, 3.63) is 72.1 Å². The van der Waals surface area contributed by atoms with Gasteiger partial charge in [0.25, 0.3) is 0 Å². The van der Waals surface area contributed by atoms with Crippen LogP contribution < -0.4 is 9.64 Å². The molecule has 1 saturated heterocycles. The number of piperazine rings is 1. The quantitative estimate of drug-likeness (QED) is 0.625. The fourth-order valence-corrected chi connectivity index (χ4v) is 4.81. The second kappa shape index (κ2) is 8.41. The van der Waals surface area contributed by atoms with Gasteiger partial charge in [0.15, 0.2) is 0 Å². The third-order valence-corrected chi connectivity index (χ3v) is 6.90. The van der Waals surface area contributed by atoms with E-state index in [1.165, 1.54) is 4.31 Å². The highest BCUT2D eigenvalue weighted by Crippen LogP contribution is 2.25. The summed E-state index contributed by atoms with van der Waals surface area (Å²) in [7, 11) is -3.48. The molecule has 156 valence electrons. The van der Waals surface area contributed by atoms with Gasteiger partial charge in [-0.3, -0.25) is 0 Å². The van der Waals surface area contributed by atoms with Crippen LogP contribution in [0.15, 0.2) is 65.6 Å². The molecule has 2 heterocycles. The number of hydrogen-bond donors (Lipinski definition) is 0. The van der Waals surface area contributed by atoms with E-state index in [1.54, 1.807) is 30.3 Å². The molecule has 1 aliphatic heterocycles. The molecule has 1 aromatic heterocycles. The van der Waals surface area contributed by atoms with Crippen LogP contribution in [0.5, 0.6) is 11.6 Å². The lowest BCUT2D eigenvalue weighted by Crippen LogP contribution is -2.49. The van der Waals surface area contributed by atoms with Gasteiger partial charge in [-0.1, -0.05) is 35.9 Å². The molecule has 0 amide bonds. The van der Waals surface area contributed by atoms with Gasteiger partial charge >= 0.3 is 0 Å². The molecule has 0 saturated carbocycles. The summed E-state index contributed by atoms with van der Waals surface area (Å²) in [6.07, 6.45) is 0. The molecule has 0 aliphatic carbocycles. The highest BCUT2D eigenvalue weighted by atomic mass is 32.2. The molecule has 0 atom stereocenters. The predicted molar refractivity (Wildman–Crippen MR) is 115 cm³/mol. The van der Waals surface area contributed by atoms with Crippen LogP contribution in [0.4, 0.5) is 5.82 Å². The predicted octanol–water partition coefficient (Wildman–Crippen LogP) is 3.40. The summed E-state index contributed by atoms with van der Waals surface area (Å²) < 4.78 is 33.1. The van der Waals surface area contributed by atoms with Crippen molar-refractivity contribution >= 4 is 15.8 Å². The Morgan fingerprint density at radius 3 is 2.20 bits per heavy atom. The third kappa shape index (κ3) is 4.44. The van der Waals surface area contributed by atoms with Crippen LogP contribution in [0.3, 0.4) is 0 Å². The first-order chi connectivity index (χ1) is 14.4. The molecule has 30 heavy (non-hydrogen) atoms. The third-order valence-electron chi connectivity index (χ3n) is 4.99. The number of ether oxygens (including phenoxy) is 1. The van der Waals surface area contributed by atoms with Gasteiger partial charge in [0.05, 0.1) is 4.90 Å². The van der Waals surface area contributed by atoms with E-state index >= 15 is 0 Å². The average Bonchev–Trinajstić information content (AvgIpc) is 2.76. The first-order valence-electron chi connectivity index (χ1n) is 9.82. The van der Waals surface area contributed by atoms with Crippen molar-refractivity contribution in [1.29, 1.82) is 0 Å². The smallest absolute Gasteiger partial charge is 0.243 e. The summed E-state index contributed by atoms with van der Waals surface area (Å²) in [4.78, 5) is 11.3. The van der Waals surface area contributed by atoms with Gasteiger partial charge in [0.1, 0.15) is 17.4 Å². The van der Waals surface area contributed by atoms with Crippen molar-refractivity contribution in [2.45, 2.75) is 18.7 Å². The maximum Gasteiger partial charge on any atom is 0.243 e. The van der Waals surface area contributed by atoms with Crippen LogP contribution in [-0.2, 0) is 10.0 Å². The van der Waals surface area contributed by atoms with Gasteiger partial charge in [0.2, 0.25) is 15.9 Å². The molecule has 1 aliphatic rings. The lowest BCUT2D eigenvalue weighted by Gasteiger charge is -2.34. The van der Waals surface area contributed by atoms with E-state index in [1.807, 2.05) is 44.2 Å². The zero-order valence-electron chi connectivity index (χ0n) is 17.0. The van der Waals surface area contributed by atoms with E-state index in [2.05, 4.69) is 14.9 Å². The maximum absolute atomic E-state index is 12.8. The monoisotopic (exact) mass is 424 g/mol. The van der Waals surface area contributed by atoms with Crippen LogP contribution >= 0.6 is 0 Å². The zero-order chi connectivity index (χ0) is 21.1. The SMILES string of the molecule is Cc1ccc(Oc2cc(N3CCN(S(=O)(=O)c4ccccc4)CC3)nc(C)n2)cc1. The van der Waals surface area contributed by atoms with Crippen molar-refractivity contribution in [2.24, 2.45) is 0 Å². The maximum atomic E-state index is 12.8. The Labute approximate surface area is 177 Å². The second-order valence-electron chi connectivity index (χ2n) is 7.23. The first-order valence-corrected chi connectivity index (χ1v) is 11.3. The Balaban J connectivity index is 1.47. The van der Waals surface area contributed by atoms with Crippen molar-refractivity contribution < 1.29 is 13.2 Å². The van der Waals surface area contributed by atoms with E-state index in [9.17, 15) is 8.42 Å². The Morgan fingerprint density at radius 1 is 0.867 bits per heavy atom. The lowest BCUT2D eigenvalue weighted by atomic mass is 10.2. The standard InChI is InChI=1S/C22H24N4O3S/c1-17-8-10-19(11-9-17)29-22-16-21(23-18(2)24-22)25-12-14-26(15-13-25)30(27,28)20-6-4-3-5-7-20/h3-11,16H,12-15H2,1-2H3. The molecular formula is C22H24N4O3S. The summed E-state index contributed by atoms with van der Waals surface area (Å²) >= 11 is 0. The van der Waals surface area contributed by atoms with Crippen LogP contribution in [-0.4, -0.2) is 48.9 Å². The lowest BCUT2D eigenvalue weighted by molar-refractivity contribution is 0.383. The van der Waals surface area contributed by atoms with Gasteiger partial charge < -0.3 is 9.64 Å². The molecule has 1 fully saturated rings. The van der Waals surface area contributed by atoms with E-state index in [4.69, 9.17) is 4.74 Å².